The third-order valence-corrected chi connectivity index (χ3v) is 1.56. The Morgan fingerprint density at radius 3 is 2.62 bits per heavy atom. The molecule has 0 amide bonds. The van der Waals surface area contributed by atoms with Crippen LogP contribution < -0.4 is 0 Å². The Bertz CT molecular complexity index is 157. The van der Waals surface area contributed by atoms with Gasteiger partial charge < -0.3 is 14.9 Å². The van der Waals surface area contributed by atoms with Crippen molar-refractivity contribution in [3.05, 3.63) is 24.3 Å². The molecule has 0 saturated heterocycles. The number of hydrogen-bond acceptors (Lipinski definition) is 3. The van der Waals surface area contributed by atoms with E-state index in [4.69, 9.17) is 26.6 Å². The van der Waals surface area contributed by atoms with Crippen LogP contribution in [0, 0.1) is 0 Å². The molecule has 0 rings (SSSR count). The molecule has 3 nitrogen and oxygen atoms in total. The lowest BCUT2D eigenvalue weighted by molar-refractivity contribution is 0.0657. The Labute approximate surface area is 83.3 Å². The first-order valence-corrected chi connectivity index (χ1v) is 4.61. The van der Waals surface area contributed by atoms with E-state index >= 15 is 0 Å². The Morgan fingerprint density at radius 2 is 2.08 bits per heavy atom. The van der Waals surface area contributed by atoms with Gasteiger partial charge in [-0.05, 0) is 0 Å². The van der Waals surface area contributed by atoms with Gasteiger partial charge in [0, 0.05) is 0 Å². The summed E-state index contributed by atoms with van der Waals surface area (Å²) in [6.45, 7) is 0.298. The summed E-state index contributed by atoms with van der Waals surface area (Å²) in [4.78, 5) is 0. The summed E-state index contributed by atoms with van der Waals surface area (Å²) < 4.78 is 5.16. The number of allylic oxidation sites excluding steroid dienone is 2. The van der Waals surface area contributed by atoms with Crippen molar-refractivity contribution in [2.24, 2.45) is 0 Å². The van der Waals surface area contributed by atoms with Crippen molar-refractivity contribution in [1.82, 2.24) is 0 Å². The van der Waals surface area contributed by atoms with Gasteiger partial charge in [0.15, 0.2) is 0 Å². The molecule has 1 atom stereocenters. The summed E-state index contributed by atoms with van der Waals surface area (Å²) in [5.74, 6) is 0.351. The van der Waals surface area contributed by atoms with Gasteiger partial charge in [-0.25, -0.2) is 0 Å². The molecule has 0 aliphatic rings. The maximum Gasteiger partial charge on any atom is 0.0895 e. The molecule has 0 heterocycles. The van der Waals surface area contributed by atoms with Crippen LogP contribution in [-0.4, -0.2) is 42.0 Å². The van der Waals surface area contributed by atoms with Gasteiger partial charge in [0.25, 0.3) is 0 Å². The van der Waals surface area contributed by atoms with E-state index in [1.807, 2.05) is 0 Å². The second-order valence-electron chi connectivity index (χ2n) is 2.28. The fourth-order valence-corrected chi connectivity index (χ4v) is 0.875. The predicted molar refractivity (Wildman–Crippen MR) is 52.9 cm³/mol. The predicted octanol–water partition coefficient (Wildman–Crippen LogP) is 0.707. The van der Waals surface area contributed by atoms with Gasteiger partial charge in [-0.1, -0.05) is 24.3 Å². The Morgan fingerprint density at radius 1 is 1.31 bits per heavy atom. The Kier molecular flexibility index (Phi) is 9.47. The summed E-state index contributed by atoms with van der Waals surface area (Å²) in [5.41, 5.74) is 0. The second-order valence-corrected chi connectivity index (χ2v) is 2.59. The van der Waals surface area contributed by atoms with Crippen LogP contribution in [0.15, 0.2) is 24.3 Å². The standard InChI is InChI=1S/C9H15ClO3/c10-8-9(13-7-6-12)4-2-1-3-5-11/h1-4,9,11-12H,5-8H2/b3-1+,4-2+/t9-/m1/s1. The van der Waals surface area contributed by atoms with Crippen molar-refractivity contribution in [2.75, 3.05) is 25.7 Å². The lowest BCUT2D eigenvalue weighted by Crippen LogP contribution is -2.14. The molecule has 0 fully saturated rings. The molecule has 0 saturated carbocycles. The molecule has 0 aliphatic carbocycles. The molecule has 0 radical (unpaired) electrons. The van der Waals surface area contributed by atoms with Crippen LogP contribution in [0.2, 0.25) is 0 Å². The van der Waals surface area contributed by atoms with Gasteiger partial charge in [0.1, 0.15) is 0 Å². The normalized spacial score (nSPS) is 14.4. The first kappa shape index (κ1) is 12.7. The highest BCUT2D eigenvalue weighted by Gasteiger charge is 2.00. The van der Waals surface area contributed by atoms with E-state index in [-0.39, 0.29) is 25.9 Å². The SMILES string of the molecule is OC/C=C/C=C/[C@H](CCl)OCCO. The van der Waals surface area contributed by atoms with Crippen LogP contribution >= 0.6 is 11.6 Å². The summed E-state index contributed by atoms with van der Waals surface area (Å²) >= 11 is 5.58. The molecule has 0 unspecified atom stereocenters. The number of hydrogen-bond donors (Lipinski definition) is 2. The minimum atomic E-state index is -0.183. The minimum absolute atomic E-state index is 0.00624. The zero-order valence-electron chi connectivity index (χ0n) is 7.40. The highest BCUT2D eigenvalue weighted by molar-refractivity contribution is 6.18. The van der Waals surface area contributed by atoms with Gasteiger partial charge in [-0.2, -0.15) is 0 Å². The number of ether oxygens (including phenoxy) is 1. The number of halogens is 1. The highest BCUT2D eigenvalue weighted by atomic mass is 35.5. The fourth-order valence-electron chi connectivity index (χ4n) is 0.683. The van der Waals surface area contributed by atoms with E-state index in [9.17, 15) is 0 Å². The van der Waals surface area contributed by atoms with Crippen molar-refractivity contribution < 1.29 is 14.9 Å². The van der Waals surface area contributed by atoms with Crippen molar-refractivity contribution in [3.8, 4) is 0 Å². The van der Waals surface area contributed by atoms with Crippen LogP contribution in [0.3, 0.4) is 0 Å². The first-order valence-electron chi connectivity index (χ1n) is 4.07. The molecular formula is C9H15ClO3. The lowest BCUT2D eigenvalue weighted by atomic mass is 10.3. The minimum Gasteiger partial charge on any atom is -0.394 e. The zero-order valence-corrected chi connectivity index (χ0v) is 8.15. The van der Waals surface area contributed by atoms with Crippen LogP contribution in [0.25, 0.3) is 0 Å². The molecule has 0 spiro atoms. The molecule has 0 aliphatic heterocycles. The summed E-state index contributed by atoms with van der Waals surface area (Å²) in [6, 6.07) is 0. The van der Waals surface area contributed by atoms with Crippen LogP contribution in [0.5, 0.6) is 0 Å². The monoisotopic (exact) mass is 206 g/mol. The van der Waals surface area contributed by atoms with Crippen LogP contribution in [0.4, 0.5) is 0 Å². The first-order chi connectivity index (χ1) is 6.35. The highest BCUT2D eigenvalue weighted by Crippen LogP contribution is 1.97. The molecule has 76 valence electrons. The Hall–Kier alpha value is -0.350. The van der Waals surface area contributed by atoms with Crippen LogP contribution in [0.1, 0.15) is 0 Å². The second kappa shape index (κ2) is 9.74. The quantitative estimate of drug-likeness (QED) is 0.477. The van der Waals surface area contributed by atoms with Gasteiger partial charge >= 0.3 is 0 Å². The average molecular weight is 207 g/mol. The number of alkyl halides is 1. The molecule has 2 N–H and O–H groups in total. The van der Waals surface area contributed by atoms with Crippen molar-refractivity contribution in [1.29, 1.82) is 0 Å². The van der Waals surface area contributed by atoms with Gasteiger partial charge in [-0.3, -0.25) is 0 Å². The van der Waals surface area contributed by atoms with E-state index in [1.54, 1.807) is 24.3 Å². The molecule has 0 bridgehead atoms. The van der Waals surface area contributed by atoms with Crippen molar-refractivity contribution in [2.45, 2.75) is 6.10 Å². The molecule has 13 heavy (non-hydrogen) atoms. The van der Waals surface area contributed by atoms with E-state index in [0.29, 0.717) is 5.88 Å². The molecule has 0 aromatic heterocycles. The number of aliphatic hydroxyl groups is 2. The third-order valence-electron chi connectivity index (χ3n) is 1.25. The van der Waals surface area contributed by atoms with Crippen LogP contribution in [-0.2, 0) is 4.74 Å². The summed E-state index contributed by atoms with van der Waals surface area (Å²) in [5, 5.41) is 16.9. The molecular weight excluding hydrogens is 192 g/mol. The summed E-state index contributed by atoms with van der Waals surface area (Å²) in [6.07, 6.45) is 6.66. The maximum atomic E-state index is 8.48. The number of aliphatic hydroxyl groups excluding tert-OH is 2. The maximum absolute atomic E-state index is 8.48. The zero-order chi connectivity index (χ0) is 9.94. The largest absolute Gasteiger partial charge is 0.394 e. The smallest absolute Gasteiger partial charge is 0.0895 e. The molecule has 4 heteroatoms. The van der Waals surface area contributed by atoms with Gasteiger partial charge in [-0.15, -0.1) is 11.6 Å². The van der Waals surface area contributed by atoms with Crippen molar-refractivity contribution in [3.63, 3.8) is 0 Å². The van der Waals surface area contributed by atoms with E-state index in [1.165, 1.54) is 0 Å². The number of rotatable bonds is 7. The molecule has 0 aromatic carbocycles. The van der Waals surface area contributed by atoms with Gasteiger partial charge in [0.2, 0.25) is 0 Å². The summed E-state index contributed by atoms with van der Waals surface area (Å²) in [7, 11) is 0. The van der Waals surface area contributed by atoms with E-state index in [2.05, 4.69) is 0 Å². The topological polar surface area (TPSA) is 49.7 Å². The van der Waals surface area contributed by atoms with E-state index < -0.39 is 0 Å². The average Bonchev–Trinajstić information content (AvgIpc) is 2.17. The lowest BCUT2D eigenvalue weighted by Gasteiger charge is -2.08. The Balaban J connectivity index is 3.68. The van der Waals surface area contributed by atoms with E-state index in [0.717, 1.165) is 0 Å². The fraction of sp³-hybridized carbons (Fsp3) is 0.556. The van der Waals surface area contributed by atoms with Gasteiger partial charge in [0.05, 0.1) is 31.8 Å². The third kappa shape index (κ3) is 7.99. The van der Waals surface area contributed by atoms with Crippen molar-refractivity contribution >= 4 is 11.6 Å². The molecule has 0 aromatic rings.